The third-order valence-electron chi connectivity index (χ3n) is 5.14. The minimum absolute atomic E-state index is 0.0267. The van der Waals surface area contributed by atoms with Crippen molar-refractivity contribution in [3.05, 3.63) is 84.1 Å². The SMILES string of the molecule is O=C(NC1=NC(CF)(c2cc(Oc3cnccn3)ccc2F)CC(C(F)(F)F)O1)c1ccccc1. The van der Waals surface area contributed by atoms with E-state index in [-0.39, 0.29) is 17.2 Å². The van der Waals surface area contributed by atoms with Crippen molar-refractivity contribution in [2.45, 2.75) is 24.2 Å². The predicted octanol–water partition coefficient (Wildman–Crippen LogP) is 4.71. The molecule has 3 aromatic rings. The molecule has 2 heterocycles. The van der Waals surface area contributed by atoms with E-state index in [2.05, 4.69) is 20.3 Å². The maximum atomic E-state index is 14.9. The Morgan fingerprint density at radius 1 is 1.17 bits per heavy atom. The van der Waals surface area contributed by atoms with Gasteiger partial charge in [0.1, 0.15) is 23.8 Å². The quantitative estimate of drug-likeness (QED) is 0.522. The molecule has 0 bridgehead atoms. The second-order valence-electron chi connectivity index (χ2n) is 7.54. The van der Waals surface area contributed by atoms with Crippen molar-refractivity contribution in [1.82, 2.24) is 15.3 Å². The van der Waals surface area contributed by atoms with Crippen LogP contribution in [0.15, 0.2) is 72.1 Å². The topological polar surface area (TPSA) is 85.7 Å². The van der Waals surface area contributed by atoms with E-state index >= 15 is 0 Å². The lowest BCUT2D eigenvalue weighted by molar-refractivity contribution is -0.209. The Balaban J connectivity index is 1.74. The average molecular weight is 492 g/mol. The highest BCUT2D eigenvalue weighted by atomic mass is 19.4. The molecule has 7 nitrogen and oxygen atoms in total. The largest absolute Gasteiger partial charge is 0.452 e. The van der Waals surface area contributed by atoms with Crippen LogP contribution in [0, 0.1) is 5.82 Å². The van der Waals surface area contributed by atoms with Crippen molar-refractivity contribution in [3.8, 4) is 11.6 Å². The summed E-state index contributed by atoms with van der Waals surface area (Å²) < 4.78 is 80.7. The molecule has 2 atom stereocenters. The van der Waals surface area contributed by atoms with Crippen LogP contribution >= 0.6 is 0 Å². The number of amides is 1. The van der Waals surface area contributed by atoms with Gasteiger partial charge in [-0.1, -0.05) is 18.2 Å². The Labute approximate surface area is 195 Å². The Morgan fingerprint density at radius 2 is 1.94 bits per heavy atom. The molecule has 1 aliphatic rings. The molecule has 2 unspecified atom stereocenters. The van der Waals surface area contributed by atoms with E-state index in [1.807, 2.05) is 0 Å². The fourth-order valence-corrected chi connectivity index (χ4v) is 3.46. The number of aromatic nitrogens is 2. The Kier molecular flexibility index (Phi) is 6.63. The predicted molar refractivity (Wildman–Crippen MR) is 113 cm³/mol. The molecule has 4 rings (SSSR count). The molecule has 182 valence electrons. The van der Waals surface area contributed by atoms with Gasteiger partial charge in [0.15, 0.2) is 6.10 Å². The van der Waals surface area contributed by atoms with Crippen molar-refractivity contribution in [2.75, 3.05) is 6.67 Å². The molecule has 35 heavy (non-hydrogen) atoms. The first-order valence-electron chi connectivity index (χ1n) is 10.2. The number of carbonyl (C=O) groups is 1. The third kappa shape index (κ3) is 5.36. The maximum Gasteiger partial charge on any atom is 0.425 e. The highest BCUT2D eigenvalue weighted by Crippen LogP contribution is 2.42. The summed E-state index contributed by atoms with van der Waals surface area (Å²) in [6.07, 6.45) is -4.60. The van der Waals surface area contributed by atoms with E-state index in [1.54, 1.807) is 18.2 Å². The van der Waals surface area contributed by atoms with E-state index < -0.39 is 54.2 Å². The van der Waals surface area contributed by atoms with E-state index in [4.69, 9.17) is 9.47 Å². The number of carbonyl (C=O) groups excluding carboxylic acids is 1. The zero-order chi connectivity index (χ0) is 25.1. The standard InChI is InChI=1S/C23H17F5N4O3/c24-13-22(16-10-15(6-7-17(16)25)34-19-12-29-8-9-30-19)11-18(23(26,27)28)35-21(32-22)31-20(33)14-4-2-1-3-5-14/h1-10,12,18H,11,13H2,(H,31,32,33). The molecule has 12 heteroatoms. The lowest BCUT2D eigenvalue weighted by Gasteiger charge is -2.37. The molecule has 0 aliphatic carbocycles. The summed E-state index contributed by atoms with van der Waals surface area (Å²) in [7, 11) is 0. The van der Waals surface area contributed by atoms with E-state index in [0.717, 1.165) is 12.1 Å². The maximum absolute atomic E-state index is 14.9. The molecule has 1 N–H and O–H groups in total. The van der Waals surface area contributed by atoms with Crippen molar-refractivity contribution in [2.24, 2.45) is 4.99 Å². The van der Waals surface area contributed by atoms with Crippen LogP contribution < -0.4 is 10.1 Å². The van der Waals surface area contributed by atoms with Gasteiger partial charge >= 0.3 is 6.18 Å². The molecular weight excluding hydrogens is 475 g/mol. The number of aliphatic imine (C=N–C) groups is 1. The normalized spacial score (nSPS) is 19.9. The summed E-state index contributed by atoms with van der Waals surface area (Å²) >= 11 is 0. The molecule has 2 aromatic carbocycles. The zero-order valence-electron chi connectivity index (χ0n) is 17.8. The molecule has 0 saturated heterocycles. The van der Waals surface area contributed by atoms with E-state index in [0.29, 0.717) is 0 Å². The van der Waals surface area contributed by atoms with Crippen LogP contribution in [-0.2, 0) is 10.3 Å². The number of nitrogens with zero attached hydrogens (tertiary/aromatic N) is 3. The van der Waals surface area contributed by atoms with Gasteiger partial charge in [-0.15, -0.1) is 0 Å². The first kappa shape index (κ1) is 24.0. The number of hydrogen-bond acceptors (Lipinski definition) is 6. The van der Waals surface area contributed by atoms with Crippen LogP contribution in [0.25, 0.3) is 0 Å². The third-order valence-corrected chi connectivity index (χ3v) is 5.14. The first-order valence-corrected chi connectivity index (χ1v) is 10.2. The summed E-state index contributed by atoms with van der Waals surface area (Å²) in [5, 5.41) is 2.12. The van der Waals surface area contributed by atoms with Gasteiger partial charge in [0.05, 0.1) is 6.20 Å². The van der Waals surface area contributed by atoms with Crippen molar-refractivity contribution < 1.29 is 36.2 Å². The minimum atomic E-state index is -4.96. The van der Waals surface area contributed by atoms with Gasteiger partial charge in [0.2, 0.25) is 5.88 Å². The van der Waals surface area contributed by atoms with Gasteiger partial charge in [-0.05, 0) is 30.3 Å². The van der Waals surface area contributed by atoms with Crippen LogP contribution in [-0.4, -0.2) is 40.9 Å². The zero-order valence-corrected chi connectivity index (χ0v) is 17.8. The highest BCUT2D eigenvalue weighted by molar-refractivity contribution is 6.04. The van der Waals surface area contributed by atoms with E-state index in [1.165, 1.54) is 36.8 Å². The Bertz CT molecular complexity index is 1220. The monoisotopic (exact) mass is 492 g/mol. The number of nitrogens with one attached hydrogen (secondary N) is 1. The smallest absolute Gasteiger partial charge is 0.425 e. The highest BCUT2D eigenvalue weighted by Gasteiger charge is 2.52. The number of rotatable bonds is 5. The van der Waals surface area contributed by atoms with Crippen LogP contribution in [0.2, 0.25) is 0 Å². The Morgan fingerprint density at radius 3 is 2.60 bits per heavy atom. The van der Waals surface area contributed by atoms with Gasteiger partial charge in [-0.25, -0.2) is 18.8 Å². The van der Waals surface area contributed by atoms with Crippen molar-refractivity contribution in [3.63, 3.8) is 0 Å². The first-order chi connectivity index (χ1) is 16.7. The molecule has 0 saturated carbocycles. The second kappa shape index (κ2) is 9.65. The van der Waals surface area contributed by atoms with Crippen molar-refractivity contribution in [1.29, 1.82) is 0 Å². The molecule has 1 aromatic heterocycles. The summed E-state index contributed by atoms with van der Waals surface area (Å²) in [6, 6.07) is 9.80. The molecule has 0 fully saturated rings. The van der Waals surface area contributed by atoms with Crippen LogP contribution in [0.1, 0.15) is 22.3 Å². The molecule has 0 radical (unpaired) electrons. The summed E-state index contributed by atoms with van der Waals surface area (Å²) in [4.78, 5) is 24.1. The van der Waals surface area contributed by atoms with Crippen molar-refractivity contribution >= 4 is 11.9 Å². The lowest BCUT2D eigenvalue weighted by atomic mass is 9.84. The number of amidine groups is 1. The number of benzene rings is 2. The van der Waals surface area contributed by atoms with Gasteiger partial charge in [-0.2, -0.15) is 13.2 Å². The fraction of sp³-hybridized carbons (Fsp3) is 0.217. The molecular formula is C23H17F5N4O3. The fourth-order valence-electron chi connectivity index (χ4n) is 3.46. The summed E-state index contributed by atoms with van der Waals surface area (Å²) in [5.41, 5.74) is -2.77. The number of halogens is 5. The molecule has 1 aliphatic heterocycles. The minimum Gasteiger partial charge on any atom is -0.452 e. The number of alkyl halides is 4. The van der Waals surface area contributed by atoms with Gasteiger partial charge in [0.25, 0.3) is 11.9 Å². The second-order valence-corrected chi connectivity index (χ2v) is 7.54. The lowest BCUT2D eigenvalue weighted by Crippen LogP contribution is -2.50. The molecule has 1 amide bonds. The van der Waals surface area contributed by atoms with Crippen LogP contribution in [0.3, 0.4) is 0 Å². The van der Waals surface area contributed by atoms with Crippen LogP contribution in [0.5, 0.6) is 11.6 Å². The summed E-state index contributed by atoms with van der Waals surface area (Å²) in [5.74, 6) is -1.86. The van der Waals surface area contributed by atoms with Gasteiger partial charge in [-0.3, -0.25) is 15.1 Å². The average Bonchev–Trinajstić information content (AvgIpc) is 2.85. The summed E-state index contributed by atoms with van der Waals surface area (Å²) in [6.45, 7) is -1.51. The van der Waals surface area contributed by atoms with E-state index in [9.17, 15) is 26.7 Å². The van der Waals surface area contributed by atoms with Gasteiger partial charge in [0, 0.05) is 29.9 Å². The Hall–Kier alpha value is -4.09. The number of hydrogen-bond donors (Lipinski definition) is 1. The van der Waals surface area contributed by atoms with Crippen LogP contribution in [0.4, 0.5) is 22.0 Å². The van der Waals surface area contributed by atoms with Gasteiger partial charge < -0.3 is 9.47 Å². The number of ether oxygens (including phenoxy) is 2. The molecule has 0 spiro atoms.